The third kappa shape index (κ3) is 2.95. The van der Waals surface area contributed by atoms with Crippen LogP contribution in [0, 0.1) is 5.92 Å². The van der Waals surface area contributed by atoms with Gasteiger partial charge in [0.05, 0.1) is 6.54 Å². The van der Waals surface area contributed by atoms with E-state index in [2.05, 4.69) is 24.4 Å². The number of hydrogen-bond acceptors (Lipinski definition) is 3. The molecule has 1 spiro atoms. The molecule has 1 aliphatic heterocycles. The quantitative estimate of drug-likeness (QED) is 0.522. The molecule has 1 N–H and O–H groups in total. The summed E-state index contributed by atoms with van der Waals surface area (Å²) in [5.74, 6) is 0.178. The lowest BCUT2D eigenvalue weighted by Crippen LogP contribution is -2.49. The summed E-state index contributed by atoms with van der Waals surface area (Å²) in [4.78, 5) is 39.8. The summed E-state index contributed by atoms with van der Waals surface area (Å²) in [5, 5.41) is 2.91. The normalized spacial score (nSPS) is 24.7. The number of imide groups is 1. The molecule has 5 heteroatoms. The molecule has 2 aromatic carbocycles. The number of nitrogens with one attached hydrogen (secondary N) is 1. The van der Waals surface area contributed by atoms with E-state index in [0.29, 0.717) is 24.3 Å². The SMILES string of the molecule is CCC1CCC2(CC1)NC(=O)N(CC(=O)c1ccc3c(c1)-c1ccccc1C3)C2=O. The summed E-state index contributed by atoms with van der Waals surface area (Å²) in [7, 11) is 0. The molecule has 3 aliphatic rings. The Morgan fingerprint density at radius 3 is 2.57 bits per heavy atom. The van der Waals surface area contributed by atoms with Crippen molar-refractivity contribution in [1.29, 1.82) is 0 Å². The Morgan fingerprint density at radius 2 is 1.80 bits per heavy atom. The number of fused-ring (bicyclic) bond motifs is 3. The molecular formula is C25H26N2O3. The van der Waals surface area contributed by atoms with Gasteiger partial charge in [-0.3, -0.25) is 14.5 Å². The molecule has 154 valence electrons. The molecule has 2 aliphatic carbocycles. The van der Waals surface area contributed by atoms with E-state index in [9.17, 15) is 14.4 Å². The molecule has 1 saturated carbocycles. The van der Waals surface area contributed by atoms with Gasteiger partial charge in [0.1, 0.15) is 5.54 Å². The van der Waals surface area contributed by atoms with Gasteiger partial charge in [-0.25, -0.2) is 4.79 Å². The second kappa shape index (κ2) is 7.08. The van der Waals surface area contributed by atoms with Crippen molar-refractivity contribution in [3.63, 3.8) is 0 Å². The van der Waals surface area contributed by atoms with Gasteiger partial charge in [-0.1, -0.05) is 49.7 Å². The second-order valence-corrected chi connectivity index (χ2v) is 8.88. The second-order valence-electron chi connectivity index (χ2n) is 8.88. The van der Waals surface area contributed by atoms with Crippen LogP contribution < -0.4 is 5.32 Å². The van der Waals surface area contributed by atoms with Crippen molar-refractivity contribution in [1.82, 2.24) is 10.2 Å². The first-order valence-corrected chi connectivity index (χ1v) is 10.9. The van der Waals surface area contributed by atoms with Crippen molar-refractivity contribution in [2.75, 3.05) is 6.54 Å². The predicted molar refractivity (Wildman–Crippen MR) is 114 cm³/mol. The average Bonchev–Trinajstić information content (AvgIpc) is 3.24. The summed E-state index contributed by atoms with van der Waals surface area (Å²) in [6.45, 7) is 1.96. The topological polar surface area (TPSA) is 66.5 Å². The van der Waals surface area contributed by atoms with Crippen LogP contribution in [0.1, 0.15) is 60.5 Å². The van der Waals surface area contributed by atoms with Gasteiger partial charge in [0, 0.05) is 5.56 Å². The van der Waals surface area contributed by atoms with Crippen LogP contribution in [0.3, 0.4) is 0 Å². The minimum absolute atomic E-state index is 0.204. The predicted octanol–water partition coefficient (Wildman–Crippen LogP) is 4.33. The van der Waals surface area contributed by atoms with Crippen molar-refractivity contribution in [3.8, 4) is 11.1 Å². The van der Waals surface area contributed by atoms with Gasteiger partial charge in [-0.2, -0.15) is 0 Å². The number of rotatable bonds is 4. The van der Waals surface area contributed by atoms with Gasteiger partial charge in [0.2, 0.25) is 0 Å². The first kappa shape index (κ1) is 19.0. The van der Waals surface area contributed by atoms with E-state index < -0.39 is 11.6 Å². The summed E-state index contributed by atoms with van der Waals surface area (Å²) >= 11 is 0. The zero-order valence-electron chi connectivity index (χ0n) is 17.2. The van der Waals surface area contributed by atoms with E-state index in [1.165, 1.54) is 11.1 Å². The highest BCUT2D eigenvalue weighted by atomic mass is 16.2. The van der Waals surface area contributed by atoms with Gasteiger partial charge in [0.25, 0.3) is 5.91 Å². The molecule has 1 heterocycles. The fourth-order valence-electron chi connectivity index (χ4n) is 5.27. The molecule has 0 bridgehead atoms. The minimum atomic E-state index is -0.806. The highest BCUT2D eigenvalue weighted by molar-refractivity contribution is 6.11. The first-order valence-electron chi connectivity index (χ1n) is 10.9. The van der Waals surface area contributed by atoms with Crippen molar-refractivity contribution in [2.45, 2.75) is 51.0 Å². The Morgan fingerprint density at radius 1 is 1.07 bits per heavy atom. The molecule has 0 radical (unpaired) electrons. The largest absolute Gasteiger partial charge is 0.325 e. The van der Waals surface area contributed by atoms with Crippen LogP contribution >= 0.6 is 0 Å². The number of hydrogen-bond donors (Lipinski definition) is 1. The molecule has 0 aromatic heterocycles. The molecule has 2 fully saturated rings. The average molecular weight is 402 g/mol. The highest BCUT2D eigenvalue weighted by Gasteiger charge is 2.52. The van der Waals surface area contributed by atoms with Crippen LogP contribution in [0.4, 0.5) is 4.79 Å². The molecule has 1 saturated heterocycles. The molecule has 2 aromatic rings. The molecular weight excluding hydrogens is 376 g/mol. The third-order valence-corrected chi connectivity index (χ3v) is 7.20. The van der Waals surface area contributed by atoms with E-state index in [1.807, 2.05) is 30.3 Å². The lowest BCUT2D eigenvalue weighted by atomic mass is 9.75. The monoisotopic (exact) mass is 402 g/mol. The maximum absolute atomic E-state index is 13.1. The lowest BCUT2D eigenvalue weighted by Gasteiger charge is -2.34. The summed E-state index contributed by atoms with van der Waals surface area (Å²) in [6, 6.07) is 13.5. The Kier molecular flexibility index (Phi) is 4.49. The van der Waals surface area contributed by atoms with Crippen LogP contribution in [0.5, 0.6) is 0 Å². The Bertz CT molecular complexity index is 1050. The number of ketones is 1. The number of urea groups is 1. The van der Waals surface area contributed by atoms with E-state index in [1.54, 1.807) is 0 Å². The zero-order chi connectivity index (χ0) is 20.9. The van der Waals surface area contributed by atoms with Gasteiger partial charge < -0.3 is 5.32 Å². The standard InChI is InChI=1S/C25H26N2O3/c1-2-16-9-11-25(12-10-16)23(29)27(24(30)26-25)15-22(28)19-8-7-18-13-17-5-3-4-6-20(17)21(18)14-19/h3-8,14,16H,2,9-13,15H2,1H3,(H,26,30). The van der Waals surface area contributed by atoms with Crippen molar-refractivity contribution < 1.29 is 14.4 Å². The zero-order valence-corrected chi connectivity index (χ0v) is 17.2. The van der Waals surface area contributed by atoms with Crippen molar-refractivity contribution in [2.24, 2.45) is 5.92 Å². The maximum Gasteiger partial charge on any atom is 0.325 e. The summed E-state index contributed by atoms with van der Waals surface area (Å²) in [5.41, 5.74) is 4.43. The van der Waals surface area contributed by atoms with Gasteiger partial charge in [-0.05, 0) is 66.3 Å². The first-order chi connectivity index (χ1) is 14.5. The number of carbonyl (C=O) groups excluding carboxylic acids is 3. The number of amides is 3. The van der Waals surface area contributed by atoms with E-state index in [0.717, 1.165) is 41.7 Å². The Labute approximate surface area is 176 Å². The molecule has 0 unspecified atom stereocenters. The van der Waals surface area contributed by atoms with E-state index in [-0.39, 0.29) is 18.2 Å². The van der Waals surface area contributed by atoms with Gasteiger partial charge >= 0.3 is 6.03 Å². The smallest absolute Gasteiger partial charge is 0.323 e. The summed E-state index contributed by atoms with van der Waals surface area (Å²) in [6.07, 6.45) is 5.17. The fourth-order valence-corrected chi connectivity index (χ4v) is 5.27. The number of carbonyl (C=O) groups is 3. The molecule has 5 nitrogen and oxygen atoms in total. The van der Waals surface area contributed by atoms with Crippen molar-refractivity contribution >= 4 is 17.7 Å². The third-order valence-electron chi connectivity index (χ3n) is 7.20. The number of nitrogens with zero attached hydrogens (tertiary/aromatic N) is 1. The van der Waals surface area contributed by atoms with Crippen LogP contribution in [0.2, 0.25) is 0 Å². The maximum atomic E-state index is 13.1. The van der Waals surface area contributed by atoms with E-state index >= 15 is 0 Å². The number of Topliss-reactive ketones (excluding diaryl/α,β-unsaturated/α-hetero) is 1. The minimum Gasteiger partial charge on any atom is -0.323 e. The van der Waals surface area contributed by atoms with E-state index in [4.69, 9.17) is 0 Å². The lowest BCUT2D eigenvalue weighted by molar-refractivity contribution is -0.132. The molecule has 3 amide bonds. The molecule has 30 heavy (non-hydrogen) atoms. The van der Waals surface area contributed by atoms with Crippen LogP contribution in [-0.4, -0.2) is 34.7 Å². The molecule has 0 atom stereocenters. The van der Waals surface area contributed by atoms with Gasteiger partial charge in [-0.15, -0.1) is 0 Å². The Hall–Kier alpha value is -2.95. The number of benzene rings is 2. The van der Waals surface area contributed by atoms with Crippen molar-refractivity contribution in [3.05, 3.63) is 59.2 Å². The summed E-state index contributed by atoms with van der Waals surface area (Å²) < 4.78 is 0. The molecule has 5 rings (SSSR count). The van der Waals surface area contributed by atoms with Crippen LogP contribution in [0.15, 0.2) is 42.5 Å². The van der Waals surface area contributed by atoms with Crippen LogP contribution in [-0.2, 0) is 11.2 Å². The Balaban J connectivity index is 1.34. The fraction of sp³-hybridized carbons (Fsp3) is 0.400. The highest BCUT2D eigenvalue weighted by Crippen LogP contribution is 2.39. The van der Waals surface area contributed by atoms with Crippen LogP contribution in [0.25, 0.3) is 11.1 Å². The van der Waals surface area contributed by atoms with Gasteiger partial charge in [0.15, 0.2) is 5.78 Å².